The molecule has 0 amide bonds. The van der Waals surface area contributed by atoms with Crippen LogP contribution in [0.4, 0.5) is 5.69 Å². The van der Waals surface area contributed by atoms with E-state index in [4.69, 9.17) is 9.47 Å². The summed E-state index contributed by atoms with van der Waals surface area (Å²) in [7, 11) is 0. The molecule has 0 radical (unpaired) electrons. The number of benzene rings is 1. The zero-order valence-electron chi connectivity index (χ0n) is 11.0. The van der Waals surface area contributed by atoms with Crippen molar-refractivity contribution >= 4 is 5.69 Å². The molecule has 3 nitrogen and oxygen atoms in total. The molecule has 0 aromatic heterocycles. The molecule has 0 bridgehead atoms. The monoisotopic (exact) mass is 237 g/mol. The maximum atomic E-state index is 5.60. The third kappa shape index (κ3) is 6.29. The van der Waals surface area contributed by atoms with E-state index in [0.29, 0.717) is 13.2 Å². The second kappa shape index (κ2) is 8.09. The van der Waals surface area contributed by atoms with Gasteiger partial charge in [0.2, 0.25) is 0 Å². The van der Waals surface area contributed by atoms with Gasteiger partial charge < -0.3 is 14.8 Å². The van der Waals surface area contributed by atoms with Crippen LogP contribution >= 0.6 is 0 Å². The van der Waals surface area contributed by atoms with Gasteiger partial charge in [-0.2, -0.15) is 0 Å². The fraction of sp³-hybridized carbons (Fsp3) is 0.571. The van der Waals surface area contributed by atoms with Gasteiger partial charge in [-0.15, -0.1) is 0 Å². The Kier molecular flexibility index (Phi) is 6.67. The van der Waals surface area contributed by atoms with Crippen LogP contribution in [0.25, 0.3) is 0 Å². The van der Waals surface area contributed by atoms with Gasteiger partial charge in [-0.1, -0.05) is 17.7 Å². The number of nitrogens with one attached hydrogen (secondary N) is 1. The van der Waals surface area contributed by atoms with E-state index in [2.05, 4.69) is 36.5 Å². The highest BCUT2D eigenvalue weighted by molar-refractivity contribution is 5.44. The van der Waals surface area contributed by atoms with E-state index >= 15 is 0 Å². The first kappa shape index (κ1) is 14.0. The minimum atomic E-state index is 0.162. The zero-order valence-corrected chi connectivity index (χ0v) is 11.0. The van der Waals surface area contributed by atoms with Gasteiger partial charge in [0.25, 0.3) is 0 Å². The lowest BCUT2D eigenvalue weighted by Crippen LogP contribution is -2.20. The minimum Gasteiger partial charge on any atom is -0.383 e. The molecule has 0 aliphatic heterocycles. The largest absolute Gasteiger partial charge is 0.383 e. The normalized spacial score (nSPS) is 12.4. The first-order chi connectivity index (χ1) is 8.22. The van der Waals surface area contributed by atoms with E-state index in [1.54, 1.807) is 0 Å². The van der Waals surface area contributed by atoms with Crippen LogP contribution in [-0.2, 0) is 9.47 Å². The highest BCUT2D eigenvalue weighted by atomic mass is 16.5. The summed E-state index contributed by atoms with van der Waals surface area (Å²) in [5, 5.41) is 3.32. The van der Waals surface area contributed by atoms with Crippen LogP contribution < -0.4 is 5.32 Å². The van der Waals surface area contributed by atoms with Gasteiger partial charge in [0.1, 0.15) is 0 Å². The van der Waals surface area contributed by atoms with Crippen molar-refractivity contribution < 1.29 is 9.47 Å². The lowest BCUT2D eigenvalue weighted by Gasteiger charge is -2.13. The summed E-state index contributed by atoms with van der Waals surface area (Å²) >= 11 is 0. The molecular weight excluding hydrogens is 214 g/mol. The van der Waals surface area contributed by atoms with Crippen LogP contribution in [-0.4, -0.2) is 32.5 Å². The summed E-state index contributed by atoms with van der Waals surface area (Å²) in [5.74, 6) is 0. The van der Waals surface area contributed by atoms with Gasteiger partial charge in [-0.3, -0.25) is 0 Å². The zero-order chi connectivity index (χ0) is 12.5. The van der Waals surface area contributed by atoms with Crippen molar-refractivity contribution in [3.05, 3.63) is 29.8 Å². The van der Waals surface area contributed by atoms with Gasteiger partial charge in [0.15, 0.2) is 0 Å². The molecule has 1 rings (SSSR count). The van der Waals surface area contributed by atoms with Crippen molar-refractivity contribution in [1.82, 2.24) is 0 Å². The van der Waals surface area contributed by atoms with Gasteiger partial charge in [-0.05, 0) is 32.9 Å². The topological polar surface area (TPSA) is 30.5 Å². The predicted octanol–water partition coefficient (Wildman–Crippen LogP) is 2.85. The predicted molar refractivity (Wildman–Crippen MR) is 71.6 cm³/mol. The third-order valence-electron chi connectivity index (χ3n) is 2.44. The molecule has 0 fully saturated rings. The lowest BCUT2D eigenvalue weighted by molar-refractivity contribution is 0.000871. The molecule has 0 spiro atoms. The second-order valence-corrected chi connectivity index (χ2v) is 4.13. The van der Waals surface area contributed by atoms with E-state index in [1.807, 2.05) is 13.8 Å². The Labute approximate surface area is 104 Å². The standard InChI is InChI=1S/C14H23NO2/c1-4-16-11-13(3)17-10-9-15-14-7-5-12(2)6-8-14/h5-8,13,15H,4,9-11H2,1-3H3. The van der Waals surface area contributed by atoms with Crippen LogP contribution in [0.2, 0.25) is 0 Å². The summed E-state index contributed by atoms with van der Waals surface area (Å²) in [6, 6.07) is 8.36. The first-order valence-electron chi connectivity index (χ1n) is 6.22. The molecular formula is C14H23NO2. The molecule has 1 N–H and O–H groups in total. The average Bonchev–Trinajstić information content (AvgIpc) is 2.34. The number of hydrogen-bond acceptors (Lipinski definition) is 3. The van der Waals surface area contributed by atoms with Crippen molar-refractivity contribution in [1.29, 1.82) is 0 Å². The summed E-state index contributed by atoms with van der Waals surface area (Å²) in [4.78, 5) is 0. The quantitative estimate of drug-likeness (QED) is 0.705. The third-order valence-corrected chi connectivity index (χ3v) is 2.44. The van der Waals surface area contributed by atoms with Crippen LogP contribution in [0, 0.1) is 6.92 Å². The minimum absolute atomic E-state index is 0.162. The van der Waals surface area contributed by atoms with Crippen molar-refractivity contribution in [3.8, 4) is 0 Å². The van der Waals surface area contributed by atoms with Gasteiger partial charge in [-0.25, -0.2) is 0 Å². The average molecular weight is 237 g/mol. The van der Waals surface area contributed by atoms with E-state index in [-0.39, 0.29) is 6.10 Å². The molecule has 17 heavy (non-hydrogen) atoms. The second-order valence-electron chi connectivity index (χ2n) is 4.13. The van der Waals surface area contributed by atoms with Crippen LogP contribution in [0.5, 0.6) is 0 Å². The summed E-state index contributed by atoms with van der Waals surface area (Å²) in [5.41, 5.74) is 2.41. The lowest BCUT2D eigenvalue weighted by atomic mass is 10.2. The van der Waals surface area contributed by atoms with Gasteiger partial charge in [0, 0.05) is 18.8 Å². The number of anilines is 1. The van der Waals surface area contributed by atoms with E-state index in [9.17, 15) is 0 Å². The van der Waals surface area contributed by atoms with E-state index in [0.717, 1.165) is 18.8 Å². The maximum Gasteiger partial charge on any atom is 0.0781 e. The molecule has 0 heterocycles. The van der Waals surface area contributed by atoms with Crippen LogP contribution in [0.15, 0.2) is 24.3 Å². The summed E-state index contributed by atoms with van der Waals surface area (Å²) in [6.07, 6.45) is 0.162. The van der Waals surface area contributed by atoms with Crippen molar-refractivity contribution in [2.24, 2.45) is 0 Å². The highest BCUT2D eigenvalue weighted by Gasteiger charge is 2.00. The van der Waals surface area contributed by atoms with Gasteiger partial charge in [0.05, 0.1) is 19.3 Å². The van der Waals surface area contributed by atoms with Crippen molar-refractivity contribution in [2.45, 2.75) is 26.9 Å². The Bertz CT molecular complexity index is 298. The van der Waals surface area contributed by atoms with Gasteiger partial charge >= 0.3 is 0 Å². The smallest absolute Gasteiger partial charge is 0.0781 e. The Morgan fingerprint density at radius 3 is 2.59 bits per heavy atom. The number of ether oxygens (including phenoxy) is 2. The Hall–Kier alpha value is -1.06. The first-order valence-corrected chi connectivity index (χ1v) is 6.22. The van der Waals surface area contributed by atoms with E-state index in [1.165, 1.54) is 5.56 Å². The summed E-state index contributed by atoms with van der Waals surface area (Å²) in [6.45, 7) is 9.04. The van der Waals surface area contributed by atoms with Crippen LogP contribution in [0.1, 0.15) is 19.4 Å². The highest BCUT2D eigenvalue weighted by Crippen LogP contribution is 2.07. The number of rotatable bonds is 8. The Morgan fingerprint density at radius 1 is 1.24 bits per heavy atom. The van der Waals surface area contributed by atoms with E-state index < -0.39 is 0 Å². The maximum absolute atomic E-state index is 5.60. The number of aryl methyl sites for hydroxylation is 1. The molecule has 96 valence electrons. The molecule has 0 aliphatic carbocycles. The molecule has 1 unspecified atom stereocenters. The molecule has 1 atom stereocenters. The molecule has 1 aromatic rings. The Morgan fingerprint density at radius 2 is 1.94 bits per heavy atom. The molecule has 0 saturated carbocycles. The van der Waals surface area contributed by atoms with Crippen molar-refractivity contribution in [2.75, 3.05) is 31.7 Å². The fourth-order valence-electron chi connectivity index (χ4n) is 1.46. The molecule has 3 heteroatoms. The molecule has 1 aromatic carbocycles. The summed E-state index contributed by atoms with van der Waals surface area (Å²) < 4.78 is 10.9. The fourth-order valence-corrected chi connectivity index (χ4v) is 1.46. The molecule has 0 aliphatic rings. The van der Waals surface area contributed by atoms with Crippen molar-refractivity contribution in [3.63, 3.8) is 0 Å². The molecule has 0 saturated heterocycles. The van der Waals surface area contributed by atoms with Crippen LogP contribution in [0.3, 0.4) is 0 Å². The Balaban J connectivity index is 2.09. The SMILES string of the molecule is CCOCC(C)OCCNc1ccc(C)cc1. The number of hydrogen-bond donors (Lipinski definition) is 1.